The normalized spacial score (nSPS) is 14.4. The van der Waals surface area contributed by atoms with Gasteiger partial charge in [0.2, 0.25) is 0 Å². The Balaban J connectivity index is 1.75. The second kappa shape index (κ2) is 7.57. The van der Waals surface area contributed by atoms with E-state index in [-0.39, 0.29) is 33.4 Å². The second-order valence-electron chi connectivity index (χ2n) is 7.33. The van der Waals surface area contributed by atoms with Gasteiger partial charge in [-0.05, 0) is 17.7 Å². The van der Waals surface area contributed by atoms with Crippen molar-refractivity contribution in [3.05, 3.63) is 87.0 Å². The number of sulfonamides is 1. The Morgan fingerprint density at radius 3 is 2.55 bits per heavy atom. The monoisotopic (exact) mass is 480 g/mol. The number of hydrogen-bond donors (Lipinski definition) is 3. The van der Waals surface area contributed by atoms with E-state index >= 15 is 0 Å². The molecule has 1 aliphatic heterocycles. The van der Waals surface area contributed by atoms with Crippen LogP contribution in [0.1, 0.15) is 21.5 Å². The number of rotatable bonds is 4. The molecule has 11 heteroatoms. The third-order valence-corrected chi connectivity index (χ3v) is 7.67. The summed E-state index contributed by atoms with van der Waals surface area (Å²) in [4.78, 5) is 24.9. The van der Waals surface area contributed by atoms with Crippen molar-refractivity contribution in [2.45, 2.75) is 11.4 Å². The van der Waals surface area contributed by atoms with Gasteiger partial charge in [0.05, 0.1) is 17.6 Å². The number of carbonyl (C=O) groups excluding carboxylic acids is 1. The number of thiophene rings is 1. The molecule has 0 fully saturated rings. The summed E-state index contributed by atoms with van der Waals surface area (Å²) in [5.41, 5.74) is 5.53. The maximum absolute atomic E-state index is 13.6. The molecule has 3 heterocycles. The van der Waals surface area contributed by atoms with Gasteiger partial charge in [-0.15, -0.1) is 15.7 Å². The molecule has 166 valence electrons. The summed E-state index contributed by atoms with van der Waals surface area (Å²) < 4.78 is 30.9. The summed E-state index contributed by atoms with van der Waals surface area (Å²) in [5, 5.41) is 15.5. The van der Waals surface area contributed by atoms with Crippen molar-refractivity contribution in [2.75, 3.05) is 5.32 Å². The van der Waals surface area contributed by atoms with E-state index in [1.165, 1.54) is 9.95 Å². The second-order valence-corrected chi connectivity index (χ2v) is 9.75. The predicted octanol–water partition coefficient (Wildman–Crippen LogP) is 2.48. The van der Waals surface area contributed by atoms with Gasteiger partial charge >= 0.3 is 0 Å². The van der Waals surface area contributed by atoms with E-state index in [2.05, 4.69) is 9.71 Å². The van der Waals surface area contributed by atoms with Crippen molar-refractivity contribution in [3.63, 3.8) is 0 Å². The molecule has 0 atom stereocenters. The molecule has 0 unspecified atom stereocenters. The molecule has 2 aromatic heterocycles. The summed E-state index contributed by atoms with van der Waals surface area (Å²) in [6.45, 7) is 0.198. The van der Waals surface area contributed by atoms with Crippen molar-refractivity contribution in [1.29, 1.82) is 0 Å². The fraction of sp³-hybridized carbons (Fsp3) is 0.0455. The molecule has 2 aromatic carbocycles. The molecule has 0 bridgehead atoms. The molecule has 4 aromatic rings. The lowest BCUT2D eigenvalue weighted by Crippen LogP contribution is -2.33. The molecule has 9 nitrogen and oxygen atoms in total. The van der Waals surface area contributed by atoms with Crippen LogP contribution in [-0.2, 0) is 16.6 Å². The quantitative estimate of drug-likeness (QED) is 0.409. The maximum atomic E-state index is 13.6. The molecule has 0 saturated carbocycles. The largest absolute Gasteiger partial charge is 0.506 e. The number of nitrogens with one attached hydrogen (secondary N) is 1. The number of para-hydroxylation sites is 1. The minimum Gasteiger partial charge on any atom is -0.506 e. The zero-order chi connectivity index (χ0) is 23.3. The fourth-order valence-electron chi connectivity index (χ4n) is 3.79. The molecule has 0 aliphatic carbocycles. The van der Waals surface area contributed by atoms with Crippen LogP contribution >= 0.6 is 11.3 Å². The molecule has 1 aliphatic rings. The minimum absolute atomic E-state index is 0.0929. The van der Waals surface area contributed by atoms with Crippen LogP contribution in [0.3, 0.4) is 0 Å². The molecular formula is C22H16N4O5S2. The zero-order valence-electron chi connectivity index (χ0n) is 16.8. The van der Waals surface area contributed by atoms with Crippen LogP contribution in [0.15, 0.2) is 74.1 Å². The first-order valence-corrected chi connectivity index (χ1v) is 12.0. The van der Waals surface area contributed by atoms with Gasteiger partial charge < -0.3 is 20.7 Å². The van der Waals surface area contributed by atoms with Gasteiger partial charge in [0.15, 0.2) is 5.84 Å². The van der Waals surface area contributed by atoms with E-state index in [1.807, 2.05) is 30.3 Å². The van der Waals surface area contributed by atoms with Crippen LogP contribution < -0.4 is 16.6 Å². The number of benzene rings is 2. The van der Waals surface area contributed by atoms with Crippen LogP contribution in [-0.4, -0.2) is 29.8 Å². The number of anilines is 1. The first-order chi connectivity index (χ1) is 15.8. The first kappa shape index (κ1) is 20.9. The van der Waals surface area contributed by atoms with Gasteiger partial charge in [-0.25, -0.2) is 0 Å². The zero-order valence-corrected chi connectivity index (χ0v) is 18.5. The number of nitrogens with two attached hydrogens (primary N) is 1. The Kier molecular flexibility index (Phi) is 4.80. The Morgan fingerprint density at radius 1 is 1.12 bits per heavy atom. The van der Waals surface area contributed by atoms with Crippen LogP contribution in [0.4, 0.5) is 5.00 Å². The summed E-state index contributed by atoms with van der Waals surface area (Å²) in [5.74, 6) is -1.62. The number of aromatic hydroxyl groups is 1. The summed E-state index contributed by atoms with van der Waals surface area (Å²) >= 11 is 0.941. The summed E-state index contributed by atoms with van der Waals surface area (Å²) in [7, 11) is -4.35. The van der Waals surface area contributed by atoms with E-state index in [9.17, 15) is 23.1 Å². The predicted molar refractivity (Wildman–Crippen MR) is 126 cm³/mol. The van der Waals surface area contributed by atoms with Crippen LogP contribution in [0.2, 0.25) is 0 Å². The number of hydrogen-bond acceptors (Lipinski definition) is 7. The third kappa shape index (κ3) is 3.38. The number of pyridine rings is 1. The van der Waals surface area contributed by atoms with Crippen molar-refractivity contribution in [3.8, 4) is 5.75 Å². The molecule has 5 rings (SSSR count). The number of primary amides is 1. The molecule has 1 amide bonds. The van der Waals surface area contributed by atoms with E-state index in [0.29, 0.717) is 10.9 Å². The molecular weight excluding hydrogens is 464 g/mol. The Labute approximate surface area is 191 Å². The van der Waals surface area contributed by atoms with Crippen molar-refractivity contribution < 1.29 is 18.3 Å². The lowest BCUT2D eigenvalue weighted by Gasteiger charge is -2.19. The van der Waals surface area contributed by atoms with Gasteiger partial charge in [0.25, 0.3) is 21.5 Å². The van der Waals surface area contributed by atoms with E-state index < -0.39 is 27.2 Å². The standard InChI is InChI=1S/C22H16N4O5S2/c23-19(28)14-11-32-21-18(14)33(30,31)25-20(24-21)16-17(27)13-8-4-5-9-15(13)26(22(16)29)10-12-6-2-1-3-7-12/h1-9,11,27H,10H2,(H2,23,28)(H,24,25). The highest BCUT2D eigenvalue weighted by molar-refractivity contribution is 7.90. The van der Waals surface area contributed by atoms with Gasteiger partial charge in [-0.1, -0.05) is 42.5 Å². The number of carbonyl (C=O) groups is 1. The van der Waals surface area contributed by atoms with Crippen molar-refractivity contribution in [2.24, 2.45) is 10.1 Å². The summed E-state index contributed by atoms with van der Waals surface area (Å²) in [6.07, 6.45) is 0. The van der Waals surface area contributed by atoms with E-state index in [0.717, 1.165) is 16.9 Å². The van der Waals surface area contributed by atoms with Gasteiger partial charge in [-0.3, -0.25) is 9.59 Å². The third-order valence-electron chi connectivity index (χ3n) is 5.28. The summed E-state index contributed by atoms with van der Waals surface area (Å²) in [6, 6.07) is 16.0. The lowest BCUT2D eigenvalue weighted by molar-refractivity contribution is 0.0997. The average molecular weight is 481 g/mol. The molecule has 4 N–H and O–H groups in total. The van der Waals surface area contributed by atoms with Gasteiger partial charge in [0.1, 0.15) is 21.2 Å². The van der Waals surface area contributed by atoms with E-state index in [4.69, 9.17) is 5.73 Å². The maximum Gasteiger partial charge on any atom is 0.288 e. The Hall–Kier alpha value is -3.96. The lowest BCUT2D eigenvalue weighted by atomic mass is 10.1. The van der Waals surface area contributed by atoms with Gasteiger partial charge in [-0.2, -0.15) is 8.42 Å². The highest BCUT2D eigenvalue weighted by Gasteiger charge is 2.34. The molecule has 0 saturated heterocycles. The number of aromatic nitrogens is 1. The average Bonchev–Trinajstić information content (AvgIpc) is 3.23. The Morgan fingerprint density at radius 2 is 1.82 bits per heavy atom. The fourth-order valence-corrected chi connectivity index (χ4v) is 6.36. The van der Waals surface area contributed by atoms with E-state index in [1.54, 1.807) is 24.3 Å². The van der Waals surface area contributed by atoms with Crippen molar-refractivity contribution in [1.82, 2.24) is 4.57 Å². The van der Waals surface area contributed by atoms with Crippen LogP contribution in [0, 0.1) is 0 Å². The molecule has 0 spiro atoms. The van der Waals surface area contributed by atoms with Crippen molar-refractivity contribution >= 4 is 49.0 Å². The van der Waals surface area contributed by atoms with Crippen LogP contribution in [0.25, 0.3) is 10.9 Å². The number of amidine groups is 1. The SMILES string of the molecule is NC(=O)c1csc2c1S(=O)(=O)N=C(c1c(O)c3ccccc3n(Cc3ccccc3)c1=O)N2. The first-order valence-electron chi connectivity index (χ1n) is 9.70. The number of nitrogens with zero attached hydrogens (tertiary/aromatic N) is 2. The van der Waals surface area contributed by atoms with Gasteiger partial charge in [0, 0.05) is 10.8 Å². The Bertz CT molecular complexity index is 1640. The highest BCUT2D eigenvalue weighted by Crippen LogP contribution is 2.38. The topological polar surface area (TPSA) is 144 Å². The number of fused-ring (bicyclic) bond motifs is 2. The smallest absolute Gasteiger partial charge is 0.288 e. The number of amides is 1. The minimum atomic E-state index is -4.35. The van der Waals surface area contributed by atoms with Crippen LogP contribution in [0.5, 0.6) is 5.75 Å². The highest BCUT2D eigenvalue weighted by atomic mass is 32.2. The molecule has 33 heavy (non-hydrogen) atoms. The molecule has 0 radical (unpaired) electrons.